The van der Waals surface area contributed by atoms with Crippen LogP contribution in [0.4, 0.5) is 0 Å². The summed E-state index contributed by atoms with van der Waals surface area (Å²) in [5.41, 5.74) is 7.41. The standard InChI is InChI=1S/C10H13NO2/c1-7-2-3-9(10(13)5-11)8(4-7)6-12/h2-4,6,10,13H,5,11H2,1H3. The van der Waals surface area contributed by atoms with Crippen molar-refractivity contribution in [1.82, 2.24) is 0 Å². The SMILES string of the molecule is Cc1ccc(C(O)CN)c(C=O)c1. The Bertz CT molecular complexity index is 310. The predicted molar refractivity (Wildman–Crippen MR) is 50.6 cm³/mol. The molecule has 0 amide bonds. The number of benzene rings is 1. The van der Waals surface area contributed by atoms with E-state index >= 15 is 0 Å². The minimum absolute atomic E-state index is 0.129. The third-order valence-corrected chi connectivity index (χ3v) is 1.95. The van der Waals surface area contributed by atoms with Crippen molar-refractivity contribution in [3.63, 3.8) is 0 Å². The van der Waals surface area contributed by atoms with E-state index in [0.29, 0.717) is 11.1 Å². The van der Waals surface area contributed by atoms with Crippen LogP contribution in [0.2, 0.25) is 0 Å². The molecule has 1 atom stereocenters. The molecule has 1 aromatic carbocycles. The molecule has 1 rings (SSSR count). The van der Waals surface area contributed by atoms with Crippen LogP contribution in [0.15, 0.2) is 18.2 Å². The number of hydrogen-bond donors (Lipinski definition) is 2. The first-order valence-electron chi connectivity index (χ1n) is 4.13. The molecule has 0 saturated carbocycles. The number of carbonyl (C=O) groups excluding carboxylic acids is 1. The van der Waals surface area contributed by atoms with Crippen LogP contribution in [0.1, 0.15) is 27.6 Å². The average molecular weight is 179 g/mol. The van der Waals surface area contributed by atoms with Crippen LogP contribution >= 0.6 is 0 Å². The highest BCUT2D eigenvalue weighted by molar-refractivity contribution is 5.77. The fourth-order valence-electron chi connectivity index (χ4n) is 1.23. The number of aliphatic hydroxyl groups excluding tert-OH is 1. The molecule has 3 nitrogen and oxygen atoms in total. The third-order valence-electron chi connectivity index (χ3n) is 1.95. The molecule has 0 radical (unpaired) electrons. The van der Waals surface area contributed by atoms with Gasteiger partial charge in [-0.3, -0.25) is 4.79 Å². The van der Waals surface area contributed by atoms with Gasteiger partial charge < -0.3 is 10.8 Å². The molecular weight excluding hydrogens is 166 g/mol. The molecule has 0 aliphatic carbocycles. The average Bonchev–Trinajstić information content (AvgIpc) is 2.16. The second kappa shape index (κ2) is 4.16. The number of rotatable bonds is 3. The number of aldehydes is 1. The molecule has 0 spiro atoms. The normalized spacial score (nSPS) is 12.5. The van der Waals surface area contributed by atoms with Gasteiger partial charge in [0.15, 0.2) is 0 Å². The Labute approximate surface area is 77.2 Å². The number of hydrogen-bond acceptors (Lipinski definition) is 3. The molecule has 1 aromatic rings. The van der Waals surface area contributed by atoms with E-state index in [9.17, 15) is 9.90 Å². The molecule has 0 aliphatic heterocycles. The van der Waals surface area contributed by atoms with Crippen LogP contribution in [0, 0.1) is 6.92 Å². The summed E-state index contributed by atoms with van der Waals surface area (Å²) in [6.07, 6.45) is -0.0119. The number of aryl methyl sites for hydroxylation is 1. The quantitative estimate of drug-likeness (QED) is 0.674. The molecule has 3 heteroatoms. The van der Waals surface area contributed by atoms with Gasteiger partial charge in [0.1, 0.15) is 6.29 Å². The van der Waals surface area contributed by atoms with E-state index in [0.717, 1.165) is 11.8 Å². The first-order chi connectivity index (χ1) is 6.19. The van der Waals surface area contributed by atoms with Gasteiger partial charge in [0.25, 0.3) is 0 Å². The zero-order chi connectivity index (χ0) is 9.84. The molecule has 70 valence electrons. The third kappa shape index (κ3) is 2.14. The molecule has 0 fully saturated rings. The fourth-order valence-corrected chi connectivity index (χ4v) is 1.23. The fraction of sp³-hybridized carbons (Fsp3) is 0.300. The van der Waals surface area contributed by atoms with E-state index < -0.39 is 6.10 Å². The first kappa shape index (κ1) is 9.89. The molecule has 0 aromatic heterocycles. The van der Waals surface area contributed by atoms with Gasteiger partial charge in [0, 0.05) is 12.1 Å². The molecule has 3 N–H and O–H groups in total. The van der Waals surface area contributed by atoms with E-state index in [1.165, 1.54) is 0 Å². The number of carbonyl (C=O) groups is 1. The largest absolute Gasteiger partial charge is 0.387 e. The summed E-state index contributed by atoms with van der Waals surface area (Å²) < 4.78 is 0. The Kier molecular flexibility index (Phi) is 3.17. The summed E-state index contributed by atoms with van der Waals surface area (Å²) in [7, 11) is 0. The van der Waals surface area contributed by atoms with E-state index in [1.807, 2.05) is 13.0 Å². The lowest BCUT2D eigenvalue weighted by atomic mass is 10.0. The highest BCUT2D eigenvalue weighted by atomic mass is 16.3. The van der Waals surface area contributed by atoms with Crippen LogP contribution < -0.4 is 5.73 Å². The topological polar surface area (TPSA) is 63.3 Å². The summed E-state index contributed by atoms with van der Waals surface area (Å²) >= 11 is 0. The van der Waals surface area contributed by atoms with Gasteiger partial charge in [0.05, 0.1) is 6.10 Å². The molecule has 0 saturated heterocycles. The Morgan fingerprint density at radius 1 is 1.62 bits per heavy atom. The maximum absolute atomic E-state index is 10.6. The summed E-state index contributed by atoms with van der Waals surface area (Å²) in [6.45, 7) is 2.02. The zero-order valence-electron chi connectivity index (χ0n) is 7.53. The van der Waals surface area contributed by atoms with Crippen LogP contribution in [-0.4, -0.2) is 17.9 Å². The lowest BCUT2D eigenvalue weighted by Gasteiger charge is -2.10. The van der Waals surface area contributed by atoms with E-state index in [-0.39, 0.29) is 6.54 Å². The van der Waals surface area contributed by atoms with Gasteiger partial charge in [-0.2, -0.15) is 0 Å². The Morgan fingerprint density at radius 2 is 2.31 bits per heavy atom. The minimum Gasteiger partial charge on any atom is -0.387 e. The molecule has 0 heterocycles. The highest BCUT2D eigenvalue weighted by Crippen LogP contribution is 2.17. The maximum Gasteiger partial charge on any atom is 0.150 e. The second-order valence-corrected chi connectivity index (χ2v) is 3.00. The van der Waals surface area contributed by atoms with Gasteiger partial charge in [-0.25, -0.2) is 0 Å². The van der Waals surface area contributed by atoms with Gasteiger partial charge in [-0.15, -0.1) is 0 Å². The van der Waals surface area contributed by atoms with Crippen molar-refractivity contribution < 1.29 is 9.90 Å². The maximum atomic E-state index is 10.6. The van der Waals surface area contributed by atoms with Crippen molar-refractivity contribution in [3.05, 3.63) is 34.9 Å². The van der Waals surface area contributed by atoms with Crippen LogP contribution in [0.3, 0.4) is 0 Å². The summed E-state index contributed by atoms with van der Waals surface area (Å²) in [5, 5.41) is 9.45. The smallest absolute Gasteiger partial charge is 0.150 e. The molecule has 0 bridgehead atoms. The summed E-state index contributed by atoms with van der Waals surface area (Å²) in [6, 6.07) is 5.32. The van der Waals surface area contributed by atoms with Crippen molar-refractivity contribution >= 4 is 6.29 Å². The van der Waals surface area contributed by atoms with Gasteiger partial charge >= 0.3 is 0 Å². The lowest BCUT2D eigenvalue weighted by molar-refractivity contribution is 0.111. The van der Waals surface area contributed by atoms with Crippen molar-refractivity contribution in [2.75, 3.05) is 6.54 Å². The lowest BCUT2D eigenvalue weighted by Crippen LogP contribution is -2.13. The van der Waals surface area contributed by atoms with E-state index in [4.69, 9.17) is 5.73 Å². The van der Waals surface area contributed by atoms with Crippen molar-refractivity contribution in [2.24, 2.45) is 5.73 Å². The van der Waals surface area contributed by atoms with Crippen LogP contribution in [-0.2, 0) is 0 Å². The Morgan fingerprint density at radius 3 is 2.85 bits per heavy atom. The number of aliphatic hydroxyl groups is 1. The first-order valence-corrected chi connectivity index (χ1v) is 4.13. The monoisotopic (exact) mass is 179 g/mol. The van der Waals surface area contributed by atoms with Crippen molar-refractivity contribution in [1.29, 1.82) is 0 Å². The predicted octanol–water partition coefficient (Wildman–Crippen LogP) is 0.800. The van der Waals surface area contributed by atoms with Gasteiger partial charge in [-0.05, 0) is 18.6 Å². The van der Waals surface area contributed by atoms with Crippen molar-refractivity contribution in [3.8, 4) is 0 Å². The van der Waals surface area contributed by atoms with Crippen molar-refractivity contribution in [2.45, 2.75) is 13.0 Å². The Hall–Kier alpha value is -1.19. The zero-order valence-corrected chi connectivity index (χ0v) is 7.53. The molecule has 1 unspecified atom stereocenters. The van der Waals surface area contributed by atoms with Crippen LogP contribution in [0.25, 0.3) is 0 Å². The highest BCUT2D eigenvalue weighted by Gasteiger charge is 2.09. The van der Waals surface area contributed by atoms with Gasteiger partial charge in [-0.1, -0.05) is 17.7 Å². The minimum atomic E-state index is -0.749. The second-order valence-electron chi connectivity index (χ2n) is 3.00. The van der Waals surface area contributed by atoms with Crippen LogP contribution in [0.5, 0.6) is 0 Å². The number of nitrogens with two attached hydrogens (primary N) is 1. The van der Waals surface area contributed by atoms with E-state index in [2.05, 4.69) is 0 Å². The van der Waals surface area contributed by atoms with E-state index in [1.54, 1.807) is 12.1 Å². The molecule has 0 aliphatic rings. The summed E-state index contributed by atoms with van der Waals surface area (Å²) in [4.78, 5) is 10.6. The Balaban J connectivity index is 3.13. The molecule has 13 heavy (non-hydrogen) atoms. The van der Waals surface area contributed by atoms with Gasteiger partial charge in [0.2, 0.25) is 0 Å². The summed E-state index contributed by atoms with van der Waals surface area (Å²) in [5.74, 6) is 0. The molecular formula is C10H13NO2.